The molecule has 2 unspecified atom stereocenters. The number of aliphatic imine (C=N–C) groups is 1. The summed E-state index contributed by atoms with van der Waals surface area (Å²) in [6, 6.07) is 7.05. The van der Waals surface area contributed by atoms with Gasteiger partial charge >= 0.3 is 0 Å². The van der Waals surface area contributed by atoms with E-state index in [1.807, 2.05) is 24.5 Å². The number of likely N-dealkylation sites (tertiary alicyclic amines) is 1. The average molecular weight is 416 g/mol. The summed E-state index contributed by atoms with van der Waals surface area (Å²) in [6.45, 7) is 8.44. The molecule has 4 rings (SSSR count). The molecule has 4 heterocycles. The Morgan fingerprint density at radius 1 is 1.17 bits per heavy atom. The molecule has 0 aliphatic carbocycles. The van der Waals surface area contributed by atoms with Crippen LogP contribution in [-0.4, -0.2) is 61.6 Å². The van der Waals surface area contributed by atoms with E-state index < -0.39 is 0 Å². The largest absolute Gasteiger partial charge is 0.468 e. The second kappa shape index (κ2) is 9.78. The van der Waals surface area contributed by atoms with Gasteiger partial charge in [0, 0.05) is 44.1 Å². The smallest absolute Gasteiger partial charge is 0.191 e. The summed E-state index contributed by atoms with van der Waals surface area (Å²) in [6.07, 6.45) is 5.47. The van der Waals surface area contributed by atoms with Crippen molar-refractivity contribution in [2.24, 2.45) is 4.99 Å². The molecule has 7 heteroatoms. The minimum absolute atomic E-state index is 0.252. The molecular weight excluding hydrogens is 382 g/mol. The van der Waals surface area contributed by atoms with E-state index in [0.29, 0.717) is 6.04 Å². The van der Waals surface area contributed by atoms with Crippen molar-refractivity contribution in [3.63, 3.8) is 0 Å². The van der Waals surface area contributed by atoms with Gasteiger partial charge in [-0.25, -0.2) is 0 Å². The first-order valence-corrected chi connectivity index (χ1v) is 11.6. The summed E-state index contributed by atoms with van der Waals surface area (Å²) >= 11 is 1.90. The van der Waals surface area contributed by atoms with Gasteiger partial charge in [0.25, 0.3) is 0 Å². The Hall–Kier alpha value is -1.83. The number of nitrogens with one attached hydrogen (secondary N) is 2. The van der Waals surface area contributed by atoms with Gasteiger partial charge < -0.3 is 15.1 Å². The van der Waals surface area contributed by atoms with E-state index in [4.69, 9.17) is 4.42 Å². The number of rotatable bonds is 7. The van der Waals surface area contributed by atoms with Crippen LogP contribution in [0.15, 0.2) is 39.3 Å². The van der Waals surface area contributed by atoms with E-state index in [1.54, 1.807) is 11.1 Å². The molecule has 2 aromatic rings. The number of thiophene rings is 1. The standard InChI is InChI=1S/C22H33N5OS/c1-17(27-11-7-21-18(16-27)8-13-29-21)14-24-22(23-2)25-15-19(20-6-5-12-28-20)26-9-3-4-10-26/h5-6,8,12-13,17,19H,3-4,7,9-11,14-16H2,1-2H3,(H2,23,24,25). The van der Waals surface area contributed by atoms with E-state index in [9.17, 15) is 0 Å². The third kappa shape index (κ3) is 5.02. The lowest BCUT2D eigenvalue weighted by Gasteiger charge is -2.33. The Morgan fingerprint density at radius 3 is 2.76 bits per heavy atom. The number of hydrogen-bond acceptors (Lipinski definition) is 5. The fraction of sp³-hybridized carbons (Fsp3) is 0.591. The second-order valence-corrected chi connectivity index (χ2v) is 9.05. The molecule has 0 aromatic carbocycles. The maximum Gasteiger partial charge on any atom is 0.191 e. The fourth-order valence-electron chi connectivity index (χ4n) is 4.38. The highest BCUT2D eigenvalue weighted by Crippen LogP contribution is 2.26. The van der Waals surface area contributed by atoms with Crippen LogP contribution < -0.4 is 10.6 Å². The fourth-order valence-corrected chi connectivity index (χ4v) is 5.27. The topological polar surface area (TPSA) is 56.0 Å². The van der Waals surface area contributed by atoms with Crippen LogP contribution >= 0.6 is 11.3 Å². The van der Waals surface area contributed by atoms with Gasteiger partial charge in [-0.3, -0.25) is 14.8 Å². The molecule has 6 nitrogen and oxygen atoms in total. The predicted octanol–water partition coefficient (Wildman–Crippen LogP) is 3.09. The molecule has 0 radical (unpaired) electrons. The molecule has 2 aliphatic rings. The second-order valence-electron chi connectivity index (χ2n) is 8.05. The lowest BCUT2D eigenvalue weighted by atomic mass is 10.1. The predicted molar refractivity (Wildman–Crippen MR) is 120 cm³/mol. The third-order valence-corrected chi connectivity index (χ3v) is 7.19. The molecule has 2 atom stereocenters. The van der Waals surface area contributed by atoms with Crippen molar-refractivity contribution in [3.05, 3.63) is 46.0 Å². The number of nitrogens with zero attached hydrogens (tertiary/aromatic N) is 3. The Bertz CT molecular complexity index is 781. The van der Waals surface area contributed by atoms with Crippen LogP contribution in [0.2, 0.25) is 0 Å². The molecule has 0 bridgehead atoms. The Balaban J connectivity index is 1.28. The van der Waals surface area contributed by atoms with Gasteiger partial charge in [0.15, 0.2) is 5.96 Å². The van der Waals surface area contributed by atoms with Gasteiger partial charge in [-0.2, -0.15) is 0 Å². The molecule has 0 amide bonds. The van der Waals surface area contributed by atoms with E-state index in [-0.39, 0.29) is 6.04 Å². The van der Waals surface area contributed by atoms with Crippen LogP contribution in [0.25, 0.3) is 0 Å². The zero-order valence-corrected chi connectivity index (χ0v) is 18.4. The molecule has 0 saturated carbocycles. The van der Waals surface area contributed by atoms with Crippen LogP contribution in [-0.2, 0) is 13.0 Å². The molecule has 1 saturated heterocycles. The summed E-state index contributed by atoms with van der Waals surface area (Å²) in [4.78, 5) is 11.1. The first kappa shape index (κ1) is 20.4. The Kier molecular flexibility index (Phi) is 6.90. The normalized spacial score (nSPS) is 20.4. The highest BCUT2D eigenvalue weighted by molar-refractivity contribution is 7.10. The molecule has 1 fully saturated rings. The number of furan rings is 1. The van der Waals surface area contributed by atoms with Crippen molar-refractivity contribution in [1.29, 1.82) is 0 Å². The highest BCUT2D eigenvalue weighted by Gasteiger charge is 2.26. The number of hydrogen-bond donors (Lipinski definition) is 2. The summed E-state index contributed by atoms with van der Waals surface area (Å²) in [5.41, 5.74) is 1.50. The lowest BCUT2D eigenvalue weighted by Crippen LogP contribution is -2.48. The van der Waals surface area contributed by atoms with Gasteiger partial charge in [0.05, 0.1) is 12.3 Å². The summed E-state index contributed by atoms with van der Waals surface area (Å²) in [5, 5.41) is 9.27. The number of guanidine groups is 1. The number of fused-ring (bicyclic) bond motifs is 1. The maximum atomic E-state index is 5.73. The van der Waals surface area contributed by atoms with Crippen molar-refractivity contribution in [2.45, 2.75) is 44.8 Å². The minimum atomic E-state index is 0.252. The molecule has 29 heavy (non-hydrogen) atoms. The van der Waals surface area contributed by atoms with Crippen LogP contribution in [0.1, 0.15) is 42.0 Å². The molecular formula is C22H33N5OS. The van der Waals surface area contributed by atoms with Gasteiger partial charge in [-0.05, 0) is 68.4 Å². The van der Waals surface area contributed by atoms with Crippen LogP contribution in [0, 0.1) is 0 Å². The van der Waals surface area contributed by atoms with Crippen LogP contribution in [0.5, 0.6) is 0 Å². The SMILES string of the molecule is CN=C(NCC(C)N1CCc2sccc2C1)NCC(c1ccco1)N1CCCC1. The van der Waals surface area contributed by atoms with Gasteiger partial charge in [-0.1, -0.05) is 0 Å². The zero-order valence-electron chi connectivity index (χ0n) is 17.6. The summed E-state index contributed by atoms with van der Waals surface area (Å²) in [5.74, 6) is 1.89. The summed E-state index contributed by atoms with van der Waals surface area (Å²) in [7, 11) is 1.84. The van der Waals surface area contributed by atoms with Gasteiger partial charge in [-0.15, -0.1) is 11.3 Å². The van der Waals surface area contributed by atoms with Gasteiger partial charge in [0.1, 0.15) is 5.76 Å². The maximum absolute atomic E-state index is 5.73. The van der Waals surface area contributed by atoms with Crippen molar-refractivity contribution in [3.8, 4) is 0 Å². The first-order valence-electron chi connectivity index (χ1n) is 10.8. The molecule has 2 aromatic heterocycles. The summed E-state index contributed by atoms with van der Waals surface area (Å²) < 4.78 is 5.73. The van der Waals surface area contributed by atoms with Crippen molar-refractivity contribution in [2.75, 3.05) is 39.8 Å². The molecule has 158 valence electrons. The van der Waals surface area contributed by atoms with Crippen molar-refractivity contribution in [1.82, 2.24) is 20.4 Å². The molecule has 2 N–H and O–H groups in total. The first-order chi connectivity index (χ1) is 14.2. The van der Waals surface area contributed by atoms with Crippen LogP contribution in [0.3, 0.4) is 0 Å². The average Bonchev–Trinajstić information content (AvgIpc) is 3.52. The minimum Gasteiger partial charge on any atom is -0.468 e. The molecule has 0 spiro atoms. The molecule has 2 aliphatic heterocycles. The van der Waals surface area contributed by atoms with E-state index >= 15 is 0 Å². The quantitative estimate of drug-likeness (QED) is 0.538. The zero-order chi connectivity index (χ0) is 20.1. The van der Waals surface area contributed by atoms with E-state index in [1.165, 1.54) is 24.8 Å². The van der Waals surface area contributed by atoms with Crippen LogP contribution in [0.4, 0.5) is 0 Å². The van der Waals surface area contributed by atoms with Crippen molar-refractivity contribution >= 4 is 17.3 Å². The third-order valence-electron chi connectivity index (χ3n) is 6.16. The highest BCUT2D eigenvalue weighted by atomic mass is 32.1. The monoisotopic (exact) mass is 415 g/mol. The van der Waals surface area contributed by atoms with Crippen molar-refractivity contribution < 1.29 is 4.42 Å². The Morgan fingerprint density at radius 2 is 2.00 bits per heavy atom. The lowest BCUT2D eigenvalue weighted by molar-refractivity contribution is 0.192. The van der Waals surface area contributed by atoms with E-state index in [0.717, 1.165) is 51.0 Å². The van der Waals surface area contributed by atoms with E-state index in [2.05, 4.69) is 49.9 Å². The Labute approximate surface area is 178 Å². The van der Waals surface area contributed by atoms with Gasteiger partial charge in [0.2, 0.25) is 0 Å².